The van der Waals surface area contributed by atoms with E-state index in [1.54, 1.807) is 23.0 Å². The van der Waals surface area contributed by atoms with Crippen LogP contribution < -0.4 is 0 Å². The minimum atomic E-state index is 0.380. The zero-order chi connectivity index (χ0) is 9.26. The molecule has 0 aromatic carbocycles. The van der Waals surface area contributed by atoms with E-state index in [2.05, 4.69) is 37.9 Å². The highest BCUT2D eigenvalue weighted by atomic mass is 127. The van der Waals surface area contributed by atoms with Gasteiger partial charge in [0.2, 0.25) is 0 Å². The molecule has 0 radical (unpaired) electrons. The molecule has 4 nitrogen and oxygen atoms in total. The van der Waals surface area contributed by atoms with E-state index in [1.165, 1.54) is 0 Å². The highest BCUT2D eigenvalue weighted by Gasteiger charge is 2.00. The fourth-order valence-electron chi connectivity index (χ4n) is 0.857. The minimum absolute atomic E-state index is 0.380. The Balaban J connectivity index is 2.41. The van der Waals surface area contributed by atoms with Gasteiger partial charge in [0, 0.05) is 6.20 Å². The molecular weight excluding hydrogens is 302 g/mol. The Morgan fingerprint density at radius 3 is 2.69 bits per heavy atom. The van der Waals surface area contributed by atoms with Crippen LogP contribution in [-0.2, 0) is 0 Å². The van der Waals surface area contributed by atoms with Crippen molar-refractivity contribution < 1.29 is 0 Å². The van der Waals surface area contributed by atoms with Crippen LogP contribution in [0.1, 0.15) is 0 Å². The first-order valence-electron chi connectivity index (χ1n) is 3.45. The van der Waals surface area contributed by atoms with Gasteiger partial charge in [0.15, 0.2) is 11.0 Å². The van der Waals surface area contributed by atoms with Crippen molar-refractivity contribution >= 4 is 34.2 Å². The van der Waals surface area contributed by atoms with Gasteiger partial charge in [0.25, 0.3) is 0 Å². The third-order valence-electron chi connectivity index (χ3n) is 1.40. The molecule has 0 fully saturated rings. The highest BCUT2D eigenvalue weighted by Crippen LogP contribution is 2.08. The van der Waals surface area contributed by atoms with Crippen molar-refractivity contribution in [2.75, 3.05) is 0 Å². The molecule has 0 spiro atoms. The van der Waals surface area contributed by atoms with E-state index in [-0.39, 0.29) is 0 Å². The topological polar surface area (TPSA) is 43.6 Å². The predicted molar refractivity (Wildman–Crippen MR) is 56.9 cm³/mol. The fourth-order valence-corrected chi connectivity index (χ4v) is 1.35. The maximum atomic E-state index is 5.60. The summed E-state index contributed by atoms with van der Waals surface area (Å²) in [5.41, 5.74) is 0. The van der Waals surface area contributed by atoms with Crippen molar-refractivity contribution in [1.82, 2.24) is 20.0 Å². The number of halogens is 2. The van der Waals surface area contributed by atoms with Crippen molar-refractivity contribution in [1.29, 1.82) is 0 Å². The van der Waals surface area contributed by atoms with Crippen LogP contribution >= 0.6 is 34.2 Å². The quantitative estimate of drug-likeness (QED) is 0.756. The smallest absolute Gasteiger partial charge is 0.175 e. The van der Waals surface area contributed by atoms with Gasteiger partial charge in [-0.3, -0.25) is 0 Å². The summed E-state index contributed by atoms with van der Waals surface area (Å²) in [5.74, 6) is 0.660. The lowest BCUT2D eigenvalue weighted by Gasteiger charge is -1.96. The monoisotopic (exact) mass is 306 g/mol. The van der Waals surface area contributed by atoms with E-state index >= 15 is 0 Å². The molecule has 0 aliphatic carbocycles. The summed E-state index contributed by atoms with van der Waals surface area (Å²) in [5, 5.41) is 12.1. The molecule has 0 atom stereocenters. The Hall–Kier alpha value is -0.690. The molecule has 2 aromatic rings. The fraction of sp³-hybridized carbons (Fsp3) is 0. The van der Waals surface area contributed by atoms with Crippen LogP contribution in [0.4, 0.5) is 0 Å². The molecule has 0 aliphatic rings. The highest BCUT2D eigenvalue weighted by molar-refractivity contribution is 14.1. The number of hydrogen-bond donors (Lipinski definition) is 0. The molecule has 0 aliphatic heterocycles. The molecule has 66 valence electrons. The first kappa shape index (κ1) is 8.89. The average Bonchev–Trinajstić information content (AvgIpc) is 2.53. The molecule has 2 aromatic heterocycles. The van der Waals surface area contributed by atoms with Crippen LogP contribution in [0.5, 0.6) is 0 Å². The van der Waals surface area contributed by atoms with Gasteiger partial charge in [-0.05, 0) is 34.7 Å². The third kappa shape index (κ3) is 1.97. The normalized spacial score (nSPS) is 10.3. The Kier molecular flexibility index (Phi) is 2.45. The van der Waals surface area contributed by atoms with Gasteiger partial charge in [0.1, 0.15) is 0 Å². The molecule has 0 N–H and O–H groups in total. The summed E-state index contributed by atoms with van der Waals surface area (Å²) in [7, 11) is 0. The molecule has 2 rings (SSSR count). The standard InChI is InChI=1S/C7H4ClIN4/c8-6-1-2-7(12-11-6)13-4-5(9)3-10-13/h1-4H. The van der Waals surface area contributed by atoms with E-state index in [4.69, 9.17) is 11.6 Å². The van der Waals surface area contributed by atoms with Crippen LogP contribution in [-0.4, -0.2) is 20.0 Å². The molecule has 0 unspecified atom stereocenters. The van der Waals surface area contributed by atoms with Crippen LogP contribution in [0.15, 0.2) is 24.5 Å². The van der Waals surface area contributed by atoms with Crippen LogP contribution in [0.25, 0.3) is 5.82 Å². The van der Waals surface area contributed by atoms with Crippen molar-refractivity contribution in [2.45, 2.75) is 0 Å². The second-order valence-corrected chi connectivity index (χ2v) is 3.95. The Labute approximate surface area is 93.1 Å². The van der Waals surface area contributed by atoms with E-state index in [1.807, 2.05) is 6.20 Å². The summed E-state index contributed by atoms with van der Waals surface area (Å²) in [6, 6.07) is 3.44. The number of rotatable bonds is 1. The maximum Gasteiger partial charge on any atom is 0.175 e. The molecule has 6 heteroatoms. The van der Waals surface area contributed by atoms with Crippen molar-refractivity contribution in [3.8, 4) is 5.82 Å². The lowest BCUT2D eigenvalue weighted by atomic mass is 10.5. The second kappa shape index (κ2) is 3.59. The largest absolute Gasteiger partial charge is 0.220 e. The van der Waals surface area contributed by atoms with Gasteiger partial charge in [-0.15, -0.1) is 10.2 Å². The average molecular weight is 306 g/mol. The van der Waals surface area contributed by atoms with E-state index in [0.717, 1.165) is 3.57 Å². The third-order valence-corrected chi connectivity index (χ3v) is 2.16. The van der Waals surface area contributed by atoms with Crippen molar-refractivity contribution in [3.05, 3.63) is 33.2 Å². The van der Waals surface area contributed by atoms with Crippen molar-refractivity contribution in [2.24, 2.45) is 0 Å². The molecular formula is C7H4ClIN4. The summed E-state index contributed by atoms with van der Waals surface area (Å²) < 4.78 is 2.69. The van der Waals surface area contributed by atoms with E-state index in [9.17, 15) is 0 Å². The zero-order valence-electron chi connectivity index (χ0n) is 6.35. The molecule has 0 saturated carbocycles. The van der Waals surface area contributed by atoms with Gasteiger partial charge in [-0.25, -0.2) is 4.68 Å². The SMILES string of the molecule is Clc1ccc(-n2cc(I)cn2)nn1. The Morgan fingerprint density at radius 1 is 1.31 bits per heavy atom. The second-order valence-electron chi connectivity index (χ2n) is 2.32. The molecule has 2 heterocycles. The Bertz CT molecular complexity index is 411. The molecule has 0 bridgehead atoms. The summed E-state index contributed by atoms with van der Waals surface area (Å²) in [4.78, 5) is 0. The summed E-state index contributed by atoms with van der Waals surface area (Å²) in [6.45, 7) is 0. The van der Waals surface area contributed by atoms with Crippen LogP contribution in [0.2, 0.25) is 5.15 Å². The zero-order valence-corrected chi connectivity index (χ0v) is 9.27. The summed E-state index contributed by atoms with van der Waals surface area (Å²) in [6.07, 6.45) is 3.61. The molecule has 0 saturated heterocycles. The lowest BCUT2D eigenvalue weighted by Crippen LogP contribution is -1.98. The van der Waals surface area contributed by atoms with Crippen molar-refractivity contribution in [3.63, 3.8) is 0 Å². The summed E-state index contributed by atoms with van der Waals surface area (Å²) >= 11 is 7.78. The van der Waals surface area contributed by atoms with Gasteiger partial charge >= 0.3 is 0 Å². The Morgan fingerprint density at radius 2 is 2.15 bits per heavy atom. The van der Waals surface area contributed by atoms with Gasteiger partial charge in [-0.2, -0.15) is 5.10 Å². The first-order valence-corrected chi connectivity index (χ1v) is 4.91. The lowest BCUT2D eigenvalue weighted by molar-refractivity contribution is 0.814. The number of aromatic nitrogens is 4. The number of hydrogen-bond acceptors (Lipinski definition) is 3. The number of nitrogens with zero attached hydrogens (tertiary/aromatic N) is 4. The molecule has 0 amide bonds. The maximum absolute atomic E-state index is 5.60. The predicted octanol–water partition coefficient (Wildman–Crippen LogP) is 1.92. The molecule has 13 heavy (non-hydrogen) atoms. The van der Waals surface area contributed by atoms with Gasteiger partial charge < -0.3 is 0 Å². The first-order chi connectivity index (χ1) is 6.25. The van der Waals surface area contributed by atoms with E-state index in [0.29, 0.717) is 11.0 Å². The van der Waals surface area contributed by atoms with Crippen LogP contribution in [0.3, 0.4) is 0 Å². The van der Waals surface area contributed by atoms with Gasteiger partial charge in [-0.1, -0.05) is 11.6 Å². The van der Waals surface area contributed by atoms with Crippen LogP contribution in [0, 0.1) is 3.57 Å². The minimum Gasteiger partial charge on any atom is -0.220 e. The van der Waals surface area contributed by atoms with Gasteiger partial charge in [0.05, 0.1) is 9.77 Å². The van der Waals surface area contributed by atoms with E-state index < -0.39 is 0 Å².